The van der Waals surface area contributed by atoms with Crippen molar-refractivity contribution in [1.29, 1.82) is 0 Å². The normalized spacial score (nSPS) is 16.5. The van der Waals surface area contributed by atoms with Crippen molar-refractivity contribution in [3.8, 4) is 0 Å². The Morgan fingerprint density at radius 1 is 0.742 bits per heavy atom. The summed E-state index contributed by atoms with van der Waals surface area (Å²) in [7, 11) is 0. The molecule has 1 amide bonds. The van der Waals surface area contributed by atoms with Gasteiger partial charge in [-0.2, -0.15) is 0 Å². The van der Waals surface area contributed by atoms with E-state index < -0.39 is 40.6 Å². The number of carbonyl (C=O) groups excluding carboxylic acids is 1. The number of carbonyl (C=O) groups is 1. The average molecular weight is 446 g/mol. The number of amides is 1. The molecule has 0 spiro atoms. The second-order valence-electron chi connectivity index (χ2n) is 6.30. The van der Waals surface area contributed by atoms with Gasteiger partial charge in [-0.3, -0.25) is 9.69 Å². The number of rotatable bonds is 3. The maximum Gasteiger partial charge on any atom is 0.271 e. The van der Waals surface area contributed by atoms with Crippen LogP contribution in [0.4, 0.5) is 33.3 Å². The smallest absolute Gasteiger partial charge is 0.268 e. The van der Waals surface area contributed by atoms with Gasteiger partial charge in [-0.25, -0.2) is 26.9 Å². The average Bonchev–Trinajstić information content (AvgIpc) is 3.09. The van der Waals surface area contributed by atoms with E-state index in [9.17, 15) is 26.7 Å². The molecule has 0 N–H and O–H groups in total. The molecule has 9 heteroatoms. The van der Waals surface area contributed by atoms with Gasteiger partial charge >= 0.3 is 0 Å². The van der Waals surface area contributed by atoms with Crippen LogP contribution in [0.3, 0.4) is 0 Å². The minimum atomic E-state index is -2.26. The van der Waals surface area contributed by atoms with Crippen molar-refractivity contribution in [2.24, 2.45) is 4.99 Å². The summed E-state index contributed by atoms with van der Waals surface area (Å²) in [6.07, 6.45) is 0.646. The SMILES string of the molecule is O=C1/C(=C\c2c(F)c(F)c(F)c(F)c2F)SC(=Nc2ccccc2)N1c1ccccc1. The van der Waals surface area contributed by atoms with Crippen molar-refractivity contribution in [1.82, 2.24) is 0 Å². The molecule has 156 valence electrons. The number of benzene rings is 3. The largest absolute Gasteiger partial charge is 0.271 e. The first-order valence-electron chi connectivity index (χ1n) is 8.82. The highest BCUT2D eigenvalue weighted by atomic mass is 32.2. The molecule has 0 saturated carbocycles. The molecule has 0 aliphatic carbocycles. The summed E-state index contributed by atoms with van der Waals surface area (Å²) < 4.78 is 68.7. The van der Waals surface area contributed by atoms with E-state index in [0.29, 0.717) is 17.5 Å². The number of nitrogens with zero attached hydrogens (tertiary/aromatic N) is 2. The molecule has 3 nitrogen and oxygen atoms in total. The summed E-state index contributed by atoms with van der Waals surface area (Å²) in [4.78, 5) is 18.4. The Labute approximate surface area is 177 Å². The number of hydrogen-bond donors (Lipinski definition) is 0. The van der Waals surface area contributed by atoms with Gasteiger partial charge < -0.3 is 0 Å². The highest BCUT2D eigenvalue weighted by Gasteiger charge is 2.36. The molecule has 0 aromatic heterocycles. The fourth-order valence-electron chi connectivity index (χ4n) is 2.85. The molecule has 1 heterocycles. The lowest BCUT2D eigenvalue weighted by Crippen LogP contribution is -2.28. The molecular formula is C22H11F5N2OS. The predicted molar refractivity (Wildman–Crippen MR) is 109 cm³/mol. The van der Waals surface area contributed by atoms with Crippen LogP contribution in [0.15, 0.2) is 70.6 Å². The van der Waals surface area contributed by atoms with E-state index in [1.165, 1.54) is 4.90 Å². The van der Waals surface area contributed by atoms with Crippen LogP contribution in [-0.4, -0.2) is 11.1 Å². The van der Waals surface area contributed by atoms with E-state index in [1.807, 2.05) is 0 Å². The van der Waals surface area contributed by atoms with Crippen molar-refractivity contribution in [3.63, 3.8) is 0 Å². The molecule has 3 aromatic carbocycles. The van der Waals surface area contributed by atoms with E-state index in [1.54, 1.807) is 60.7 Å². The van der Waals surface area contributed by atoms with E-state index in [0.717, 1.165) is 11.8 Å². The van der Waals surface area contributed by atoms with Gasteiger partial charge in [-0.1, -0.05) is 36.4 Å². The van der Waals surface area contributed by atoms with Crippen molar-refractivity contribution >= 4 is 40.3 Å². The summed E-state index contributed by atoms with van der Waals surface area (Å²) >= 11 is 0.760. The minimum Gasteiger partial charge on any atom is -0.268 e. The third kappa shape index (κ3) is 3.84. The van der Waals surface area contributed by atoms with Gasteiger partial charge in [-0.05, 0) is 42.1 Å². The molecular weight excluding hydrogens is 435 g/mol. The summed E-state index contributed by atoms with van der Waals surface area (Å²) in [5, 5.41) is 0.164. The zero-order chi connectivity index (χ0) is 22.1. The number of para-hydroxylation sites is 2. The van der Waals surface area contributed by atoms with Gasteiger partial charge in [0.25, 0.3) is 5.91 Å². The zero-order valence-corrected chi connectivity index (χ0v) is 16.3. The van der Waals surface area contributed by atoms with Crippen LogP contribution in [0, 0.1) is 29.1 Å². The molecule has 1 saturated heterocycles. The molecule has 0 atom stereocenters. The molecule has 0 unspecified atom stereocenters. The Balaban J connectivity index is 1.85. The van der Waals surface area contributed by atoms with E-state index in [4.69, 9.17) is 0 Å². The van der Waals surface area contributed by atoms with Crippen molar-refractivity contribution in [3.05, 3.63) is 100 Å². The maximum atomic E-state index is 14.1. The van der Waals surface area contributed by atoms with Crippen LogP contribution >= 0.6 is 11.8 Å². The summed E-state index contributed by atoms with van der Waals surface area (Å²) in [6.45, 7) is 0. The van der Waals surface area contributed by atoms with Gasteiger partial charge in [0.2, 0.25) is 5.82 Å². The Morgan fingerprint density at radius 3 is 1.84 bits per heavy atom. The molecule has 3 aromatic rings. The number of anilines is 1. The van der Waals surface area contributed by atoms with Gasteiger partial charge in [0.05, 0.1) is 21.8 Å². The monoisotopic (exact) mass is 446 g/mol. The topological polar surface area (TPSA) is 32.7 Å². The maximum absolute atomic E-state index is 14.1. The van der Waals surface area contributed by atoms with E-state index in [-0.39, 0.29) is 10.1 Å². The molecule has 0 radical (unpaired) electrons. The van der Waals surface area contributed by atoms with Crippen molar-refractivity contribution in [2.75, 3.05) is 4.90 Å². The van der Waals surface area contributed by atoms with Crippen LogP contribution in [0.1, 0.15) is 5.56 Å². The first-order valence-corrected chi connectivity index (χ1v) is 9.64. The first kappa shape index (κ1) is 20.8. The van der Waals surface area contributed by atoms with Crippen LogP contribution in [0.2, 0.25) is 0 Å². The quantitative estimate of drug-likeness (QED) is 0.208. The van der Waals surface area contributed by atoms with Crippen LogP contribution in [0.5, 0.6) is 0 Å². The second-order valence-corrected chi connectivity index (χ2v) is 7.31. The number of thioether (sulfide) groups is 1. The Bertz CT molecular complexity index is 1200. The highest BCUT2D eigenvalue weighted by Crippen LogP contribution is 2.38. The standard InChI is InChI=1S/C22H11F5N2OS/c23-16-14(17(24)19(26)20(27)18(16)25)11-15-21(30)29(13-9-5-2-6-10-13)22(31-15)28-12-7-3-1-4-8-12/h1-11H/b15-11+,28-22?. The van der Waals surface area contributed by atoms with Gasteiger partial charge in [-0.15, -0.1) is 0 Å². The molecule has 31 heavy (non-hydrogen) atoms. The van der Waals surface area contributed by atoms with Gasteiger partial charge in [0.1, 0.15) is 0 Å². The van der Waals surface area contributed by atoms with Crippen molar-refractivity contribution in [2.45, 2.75) is 0 Å². The number of halogens is 5. The highest BCUT2D eigenvalue weighted by molar-refractivity contribution is 8.19. The zero-order valence-electron chi connectivity index (χ0n) is 15.5. The third-order valence-electron chi connectivity index (χ3n) is 4.32. The number of aliphatic imine (C=N–C) groups is 1. The van der Waals surface area contributed by atoms with E-state index >= 15 is 0 Å². The van der Waals surface area contributed by atoms with Crippen LogP contribution in [0.25, 0.3) is 6.08 Å². The van der Waals surface area contributed by atoms with Crippen molar-refractivity contribution < 1.29 is 26.7 Å². The number of amidine groups is 1. The molecule has 1 aliphatic heterocycles. The number of hydrogen-bond acceptors (Lipinski definition) is 3. The summed E-state index contributed by atoms with van der Waals surface area (Å²) in [6, 6.07) is 17.0. The van der Waals surface area contributed by atoms with Crippen LogP contribution < -0.4 is 4.90 Å². The lowest BCUT2D eigenvalue weighted by atomic mass is 10.1. The Morgan fingerprint density at radius 2 is 1.26 bits per heavy atom. The van der Waals surface area contributed by atoms with Gasteiger partial charge in [0, 0.05) is 0 Å². The Kier molecular flexibility index (Phi) is 5.60. The Hall–Kier alpha value is -3.46. The first-order chi connectivity index (χ1) is 14.9. The predicted octanol–water partition coefficient (Wildman–Crippen LogP) is 6.19. The van der Waals surface area contributed by atoms with E-state index in [2.05, 4.69) is 4.99 Å². The molecule has 1 aliphatic rings. The second kappa shape index (κ2) is 8.35. The van der Waals surface area contributed by atoms with Crippen LogP contribution in [-0.2, 0) is 4.79 Å². The fourth-order valence-corrected chi connectivity index (χ4v) is 3.83. The molecule has 0 bridgehead atoms. The molecule has 4 rings (SSSR count). The lowest BCUT2D eigenvalue weighted by Gasteiger charge is -2.15. The van der Waals surface area contributed by atoms with Gasteiger partial charge in [0.15, 0.2) is 28.4 Å². The molecule has 1 fully saturated rings. The minimum absolute atomic E-state index is 0.164. The third-order valence-corrected chi connectivity index (χ3v) is 5.29. The summed E-state index contributed by atoms with van der Waals surface area (Å²) in [5.41, 5.74) is -0.257. The lowest BCUT2D eigenvalue weighted by molar-refractivity contribution is -0.113. The summed E-state index contributed by atoms with van der Waals surface area (Å²) in [5.74, 6) is -11.2. The fraction of sp³-hybridized carbons (Fsp3) is 0.